The molecule has 0 radical (unpaired) electrons. The summed E-state index contributed by atoms with van der Waals surface area (Å²) in [6, 6.07) is 29.1. The largest absolute Gasteiger partial charge is 0.460 e. The zero-order chi connectivity index (χ0) is 28.1. The maximum atomic E-state index is 13.2. The van der Waals surface area contributed by atoms with Gasteiger partial charge in [-0.1, -0.05) is 91.0 Å². The fourth-order valence-corrected chi connectivity index (χ4v) is 4.39. The summed E-state index contributed by atoms with van der Waals surface area (Å²) in [6.07, 6.45) is -10.00. The van der Waals surface area contributed by atoms with E-state index in [4.69, 9.17) is 4.74 Å². The van der Waals surface area contributed by atoms with Crippen molar-refractivity contribution >= 4 is 5.97 Å². The SMILES string of the molecule is O=C(CNC(c1ccccc1)(c1ccccc1)c1ccccc1)OCc1cc(C(F)(F)F)cc(C(F)(F)F)c1. The van der Waals surface area contributed by atoms with E-state index in [0.717, 1.165) is 16.7 Å². The topological polar surface area (TPSA) is 38.3 Å². The Hall–Kier alpha value is -4.11. The minimum Gasteiger partial charge on any atom is -0.460 e. The van der Waals surface area contributed by atoms with Crippen LogP contribution in [0.3, 0.4) is 0 Å². The average molecular weight is 544 g/mol. The van der Waals surface area contributed by atoms with Crippen LogP contribution in [0.5, 0.6) is 0 Å². The third kappa shape index (κ3) is 6.49. The second-order valence-corrected chi connectivity index (χ2v) is 8.78. The van der Waals surface area contributed by atoms with Gasteiger partial charge in [0.2, 0.25) is 0 Å². The van der Waals surface area contributed by atoms with Crippen LogP contribution in [0.1, 0.15) is 33.4 Å². The highest BCUT2D eigenvalue weighted by Gasteiger charge is 2.38. The van der Waals surface area contributed by atoms with Crippen molar-refractivity contribution in [1.82, 2.24) is 5.32 Å². The van der Waals surface area contributed by atoms with Gasteiger partial charge in [-0.2, -0.15) is 26.3 Å². The Morgan fingerprint density at radius 2 is 0.974 bits per heavy atom. The zero-order valence-corrected chi connectivity index (χ0v) is 20.4. The van der Waals surface area contributed by atoms with Crippen molar-refractivity contribution in [3.63, 3.8) is 0 Å². The lowest BCUT2D eigenvalue weighted by Crippen LogP contribution is -2.47. The molecule has 9 heteroatoms. The molecule has 0 amide bonds. The van der Waals surface area contributed by atoms with E-state index in [1.165, 1.54) is 0 Å². The summed E-state index contributed by atoms with van der Waals surface area (Å²) >= 11 is 0. The van der Waals surface area contributed by atoms with Gasteiger partial charge in [-0.05, 0) is 40.5 Å². The first-order chi connectivity index (χ1) is 18.5. The zero-order valence-electron chi connectivity index (χ0n) is 20.4. The fraction of sp³-hybridized carbons (Fsp3) is 0.167. The van der Waals surface area contributed by atoms with Crippen molar-refractivity contribution in [2.75, 3.05) is 6.54 Å². The predicted octanol–water partition coefficient (Wildman–Crippen LogP) is 7.35. The Kier molecular flexibility index (Phi) is 8.11. The number of rotatable bonds is 8. The first-order valence-electron chi connectivity index (χ1n) is 11.9. The summed E-state index contributed by atoms with van der Waals surface area (Å²) in [5.74, 6) is -0.854. The lowest BCUT2D eigenvalue weighted by molar-refractivity contribution is -0.144. The molecule has 0 aliphatic heterocycles. The fourth-order valence-electron chi connectivity index (χ4n) is 4.39. The molecule has 4 aromatic rings. The highest BCUT2D eigenvalue weighted by atomic mass is 19.4. The van der Waals surface area contributed by atoms with Gasteiger partial charge in [0.1, 0.15) is 6.61 Å². The molecule has 0 bridgehead atoms. The molecule has 0 aromatic heterocycles. The number of carbonyl (C=O) groups is 1. The average Bonchev–Trinajstić information content (AvgIpc) is 2.93. The van der Waals surface area contributed by atoms with Crippen LogP contribution in [-0.4, -0.2) is 12.5 Å². The van der Waals surface area contributed by atoms with Crippen molar-refractivity contribution < 1.29 is 35.9 Å². The van der Waals surface area contributed by atoms with Gasteiger partial charge < -0.3 is 4.74 Å². The number of ether oxygens (including phenoxy) is 1. The molecule has 4 aromatic carbocycles. The van der Waals surface area contributed by atoms with E-state index in [2.05, 4.69) is 5.32 Å². The number of halogens is 6. The van der Waals surface area contributed by atoms with Crippen LogP contribution in [0.15, 0.2) is 109 Å². The van der Waals surface area contributed by atoms with Crippen LogP contribution in [0, 0.1) is 0 Å². The lowest BCUT2D eigenvalue weighted by atomic mass is 9.77. The summed E-state index contributed by atoms with van der Waals surface area (Å²) in [6.45, 7) is -1.15. The van der Waals surface area contributed by atoms with E-state index < -0.39 is 47.2 Å². The van der Waals surface area contributed by atoms with Crippen LogP contribution in [0.2, 0.25) is 0 Å². The van der Waals surface area contributed by atoms with Gasteiger partial charge >= 0.3 is 18.3 Å². The van der Waals surface area contributed by atoms with Crippen LogP contribution in [0.4, 0.5) is 26.3 Å². The van der Waals surface area contributed by atoms with Crippen LogP contribution in [0.25, 0.3) is 0 Å². The van der Waals surface area contributed by atoms with Gasteiger partial charge in [-0.3, -0.25) is 10.1 Å². The number of carbonyl (C=O) groups excluding carboxylic acids is 1. The summed E-state index contributed by atoms with van der Waals surface area (Å²) in [5, 5.41) is 3.25. The Balaban J connectivity index is 1.62. The Morgan fingerprint density at radius 1 is 0.590 bits per heavy atom. The molecular weight excluding hydrogens is 520 g/mol. The predicted molar refractivity (Wildman–Crippen MR) is 133 cm³/mol. The number of benzene rings is 4. The smallest absolute Gasteiger partial charge is 0.416 e. The molecule has 0 atom stereocenters. The normalized spacial score (nSPS) is 12.3. The van der Waals surface area contributed by atoms with Crippen molar-refractivity contribution in [3.05, 3.63) is 143 Å². The van der Waals surface area contributed by atoms with Gasteiger partial charge in [-0.25, -0.2) is 0 Å². The van der Waals surface area contributed by atoms with Gasteiger partial charge in [0.25, 0.3) is 0 Å². The minimum atomic E-state index is -5.00. The van der Waals surface area contributed by atoms with Crippen LogP contribution >= 0.6 is 0 Å². The molecule has 0 aliphatic carbocycles. The second-order valence-electron chi connectivity index (χ2n) is 8.78. The molecule has 0 fully saturated rings. The van der Waals surface area contributed by atoms with Crippen molar-refractivity contribution in [2.45, 2.75) is 24.5 Å². The molecule has 1 N–H and O–H groups in total. The maximum absolute atomic E-state index is 13.2. The van der Waals surface area contributed by atoms with Crippen LogP contribution in [-0.2, 0) is 34.0 Å². The Labute approximate surface area is 221 Å². The molecule has 4 rings (SSSR count). The highest BCUT2D eigenvalue weighted by molar-refractivity contribution is 5.72. The number of alkyl halides is 6. The van der Waals surface area contributed by atoms with Crippen molar-refractivity contribution in [1.29, 1.82) is 0 Å². The lowest BCUT2D eigenvalue weighted by Gasteiger charge is -2.36. The number of esters is 1. The molecule has 0 aliphatic rings. The van der Waals surface area contributed by atoms with Crippen molar-refractivity contribution in [2.24, 2.45) is 0 Å². The number of hydrogen-bond donors (Lipinski definition) is 1. The summed E-state index contributed by atoms with van der Waals surface area (Å²) < 4.78 is 84.2. The van der Waals surface area contributed by atoms with E-state index in [0.29, 0.717) is 12.1 Å². The molecule has 3 nitrogen and oxygen atoms in total. The highest BCUT2D eigenvalue weighted by Crippen LogP contribution is 2.38. The number of nitrogens with one attached hydrogen (secondary N) is 1. The summed E-state index contributed by atoms with van der Waals surface area (Å²) in [7, 11) is 0. The van der Waals surface area contributed by atoms with E-state index in [1.54, 1.807) is 0 Å². The first kappa shape index (κ1) is 27.9. The quantitative estimate of drug-likeness (QED) is 0.144. The Bertz CT molecular complexity index is 1260. The van der Waals surface area contributed by atoms with Gasteiger partial charge in [0.05, 0.1) is 23.2 Å². The van der Waals surface area contributed by atoms with E-state index >= 15 is 0 Å². The van der Waals surface area contributed by atoms with E-state index in [9.17, 15) is 31.1 Å². The molecule has 0 saturated heterocycles. The van der Waals surface area contributed by atoms with Crippen molar-refractivity contribution in [3.8, 4) is 0 Å². The Morgan fingerprint density at radius 3 is 1.33 bits per heavy atom. The molecular formula is C30H23F6NO2. The first-order valence-corrected chi connectivity index (χ1v) is 11.9. The van der Waals surface area contributed by atoms with Gasteiger partial charge in [-0.15, -0.1) is 0 Å². The molecule has 0 saturated carbocycles. The molecule has 202 valence electrons. The van der Waals surface area contributed by atoms with Gasteiger partial charge in [0, 0.05) is 0 Å². The van der Waals surface area contributed by atoms with E-state index in [-0.39, 0.29) is 12.6 Å². The second kappa shape index (κ2) is 11.3. The summed E-state index contributed by atoms with van der Waals surface area (Å²) in [5.41, 5.74) is -1.96. The maximum Gasteiger partial charge on any atom is 0.416 e. The molecule has 39 heavy (non-hydrogen) atoms. The number of hydrogen-bond acceptors (Lipinski definition) is 3. The monoisotopic (exact) mass is 543 g/mol. The third-order valence-corrected chi connectivity index (χ3v) is 6.17. The summed E-state index contributed by atoms with van der Waals surface area (Å²) in [4.78, 5) is 12.8. The van der Waals surface area contributed by atoms with Gasteiger partial charge in [0.15, 0.2) is 0 Å². The minimum absolute atomic E-state index is 0.0286. The molecule has 0 heterocycles. The molecule has 0 spiro atoms. The van der Waals surface area contributed by atoms with Crippen LogP contribution < -0.4 is 5.32 Å². The van der Waals surface area contributed by atoms with E-state index in [1.807, 2.05) is 91.0 Å². The standard InChI is InChI=1S/C30H23F6NO2/c31-29(32,33)25-16-21(17-26(18-25)30(34,35)36)20-39-27(38)19-37-28(22-10-4-1-5-11-22,23-12-6-2-7-13-23)24-14-8-3-9-15-24/h1-18,37H,19-20H2. The third-order valence-electron chi connectivity index (χ3n) is 6.17. The molecule has 0 unspecified atom stereocenters.